The van der Waals surface area contributed by atoms with Crippen LogP contribution in [0.25, 0.3) is 11.3 Å². The summed E-state index contributed by atoms with van der Waals surface area (Å²) in [7, 11) is -2.82. The Kier molecular flexibility index (Phi) is 6.01. The predicted molar refractivity (Wildman–Crippen MR) is 127 cm³/mol. The van der Waals surface area contributed by atoms with Gasteiger partial charge in [0.05, 0.1) is 26.5 Å². The molecule has 0 bridgehead atoms. The number of pyridine rings is 1. The summed E-state index contributed by atoms with van der Waals surface area (Å²) in [4.78, 5) is 0.607. The second kappa shape index (κ2) is 8.20. The molecule has 0 saturated carbocycles. The van der Waals surface area contributed by atoms with Gasteiger partial charge in [0, 0.05) is 4.90 Å². The number of anilines is 1. The molecule has 0 amide bonds. The molecule has 0 radical (unpaired) electrons. The highest BCUT2D eigenvalue weighted by Crippen LogP contribution is 2.28. The van der Waals surface area contributed by atoms with E-state index in [9.17, 15) is 4.21 Å². The van der Waals surface area contributed by atoms with Gasteiger partial charge in [0.25, 0.3) is 0 Å². The molecule has 7 heteroatoms. The van der Waals surface area contributed by atoms with Gasteiger partial charge in [-0.25, -0.2) is 8.72 Å². The number of rotatable bonds is 6. The molecule has 158 valence electrons. The van der Waals surface area contributed by atoms with Crippen LogP contribution in [-0.2, 0) is 19.9 Å². The van der Waals surface area contributed by atoms with E-state index in [2.05, 4.69) is 43.0 Å². The van der Waals surface area contributed by atoms with Gasteiger partial charge in [-0.3, -0.25) is 4.72 Å². The number of hydrogen-bond donors (Lipinski definition) is 1. The number of nitrogens with one attached hydrogen (secondary N) is 1. The molecular weight excluding hydrogens is 418 g/mol. The molecule has 0 spiro atoms. The van der Waals surface area contributed by atoms with Gasteiger partial charge >= 0.3 is 0 Å². The average Bonchev–Trinajstić information content (AvgIpc) is 3.14. The van der Waals surface area contributed by atoms with Crippen molar-refractivity contribution in [2.45, 2.75) is 38.0 Å². The van der Waals surface area contributed by atoms with Crippen molar-refractivity contribution >= 4 is 44.3 Å². The second-order valence-electron chi connectivity index (χ2n) is 7.88. The number of allylic oxidation sites excluding steroid dienone is 1. The molecule has 0 aliphatic rings. The van der Waals surface area contributed by atoms with Crippen molar-refractivity contribution in [3.63, 3.8) is 0 Å². The van der Waals surface area contributed by atoms with Crippen LogP contribution in [0.4, 0.5) is 5.82 Å². The minimum absolute atomic E-state index is 0.0137. The summed E-state index contributed by atoms with van der Waals surface area (Å²) in [6.45, 7) is 11.8. The lowest BCUT2D eigenvalue weighted by Crippen LogP contribution is -2.16. The third-order valence-electron chi connectivity index (χ3n) is 4.67. The van der Waals surface area contributed by atoms with Crippen molar-refractivity contribution in [3.05, 3.63) is 77.7 Å². The number of hydrogen-bond acceptors (Lipinski definition) is 3. The van der Waals surface area contributed by atoms with Crippen molar-refractivity contribution in [2.24, 2.45) is 0 Å². The lowest BCUT2D eigenvalue weighted by atomic mass is 9.87. The maximum atomic E-state index is 13.4. The first kappa shape index (κ1) is 22.0. The summed E-state index contributed by atoms with van der Waals surface area (Å²) >= 11 is 6.36. The number of ether oxygens (including phenoxy) is 1. The standard InChI is InChI=1S/C23H26ClN3O2S/c1-7-21(29-8-2)19-15-20-18(24)13-14-22(27(20)25-19)26-30(6,28)17-11-9-16(10-12-17)23(3,4)5/h7-15H,2,6H2,1,3-5H3,(H,26,28)/b21-7-. The van der Waals surface area contributed by atoms with Gasteiger partial charge in [-0.2, -0.15) is 5.10 Å². The van der Waals surface area contributed by atoms with Crippen molar-refractivity contribution in [1.82, 2.24) is 9.61 Å². The van der Waals surface area contributed by atoms with Gasteiger partial charge in [0.1, 0.15) is 17.3 Å². The molecule has 2 aromatic heterocycles. The largest absolute Gasteiger partial charge is 0.464 e. The number of fused-ring (bicyclic) bond motifs is 1. The summed E-state index contributed by atoms with van der Waals surface area (Å²) in [5.74, 6) is 4.99. The molecular formula is C23H26ClN3O2S. The Morgan fingerprint density at radius 1 is 1.23 bits per heavy atom. The van der Waals surface area contributed by atoms with E-state index in [0.717, 1.165) is 5.56 Å². The molecule has 1 aromatic carbocycles. The van der Waals surface area contributed by atoms with Crippen LogP contribution < -0.4 is 4.72 Å². The first-order chi connectivity index (χ1) is 14.1. The maximum absolute atomic E-state index is 13.4. The first-order valence-electron chi connectivity index (χ1n) is 9.45. The zero-order chi connectivity index (χ0) is 22.1. The van der Waals surface area contributed by atoms with Crippen molar-refractivity contribution in [3.8, 4) is 0 Å². The summed E-state index contributed by atoms with van der Waals surface area (Å²) < 4.78 is 23.5. The fourth-order valence-electron chi connectivity index (χ4n) is 3.01. The number of aromatic nitrogens is 2. The van der Waals surface area contributed by atoms with E-state index in [4.69, 9.17) is 16.3 Å². The molecule has 1 atom stereocenters. The SMILES string of the molecule is C=CO/C(=C\C)c1cc2c(Cl)ccc(NS(=C)(=O)c3ccc(C(C)(C)C)cc3)n2n1. The fourth-order valence-corrected chi connectivity index (χ4v) is 4.39. The number of halogens is 1. The van der Waals surface area contributed by atoms with Gasteiger partial charge in [-0.15, -0.1) is 0 Å². The smallest absolute Gasteiger partial charge is 0.149 e. The highest BCUT2D eigenvalue weighted by molar-refractivity contribution is 8.01. The third-order valence-corrected chi connectivity index (χ3v) is 6.56. The highest BCUT2D eigenvalue weighted by atomic mass is 35.5. The topological polar surface area (TPSA) is 55.6 Å². The number of benzene rings is 1. The predicted octanol–water partition coefficient (Wildman–Crippen LogP) is 5.91. The normalized spacial score (nSPS) is 14.4. The van der Waals surface area contributed by atoms with E-state index in [1.165, 1.54) is 6.26 Å². The zero-order valence-electron chi connectivity index (χ0n) is 17.6. The van der Waals surface area contributed by atoms with E-state index >= 15 is 0 Å². The van der Waals surface area contributed by atoms with Crippen LogP contribution >= 0.6 is 11.6 Å². The second-order valence-corrected chi connectivity index (χ2v) is 10.3. The van der Waals surface area contributed by atoms with E-state index in [-0.39, 0.29) is 5.41 Å². The summed E-state index contributed by atoms with van der Waals surface area (Å²) in [5.41, 5.74) is 2.41. The van der Waals surface area contributed by atoms with E-state index < -0.39 is 9.71 Å². The van der Waals surface area contributed by atoms with E-state index in [1.807, 2.05) is 31.2 Å². The Morgan fingerprint density at radius 3 is 2.47 bits per heavy atom. The van der Waals surface area contributed by atoms with Gasteiger partial charge in [-0.1, -0.05) is 51.1 Å². The Balaban J connectivity index is 2.01. The fraction of sp³-hybridized carbons (Fsp3) is 0.217. The van der Waals surface area contributed by atoms with Gasteiger partial charge in [-0.05, 0) is 60.2 Å². The van der Waals surface area contributed by atoms with Crippen molar-refractivity contribution in [1.29, 1.82) is 0 Å². The lowest BCUT2D eigenvalue weighted by Gasteiger charge is -2.20. The molecule has 0 fully saturated rings. The van der Waals surface area contributed by atoms with Crippen molar-refractivity contribution < 1.29 is 8.95 Å². The summed E-state index contributed by atoms with van der Waals surface area (Å²) in [5, 5.41) is 5.08. The van der Waals surface area contributed by atoms with Gasteiger partial charge in [0.2, 0.25) is 0 Å². The minimum atomic E-state index is -2.82. The highest BCUT2D eigenvalue weighted by Gasteiger charge is 2.17. The molecule has 1 unspecified atom stereocenters. The van der Waals surface area contributed by atoms with E-state index in [1.54, 1.807) is 28.8 Å². The Hall–Kier alpha value is -2.70. The first-order valence-corrected chi connectivity index (χ1v) is 11.6. The quantitative estimate of drug-likeness (QED) is 0.380. The molecule has 0 saturated heterocycles. The molecule has 5 nitrogen and oxygen atoms in total. The average molecular weight is 444 g/mol. The molecule has 0 aliphatic heterocycles. The summed E-state index contributed by atoms with van der Waals surface area (Å²) in [6, 6.07) is 12.9. The Morgan fingerprint density at radius 2 is 1.90 bits per heavy atom. The van der Waals surface area contributed by atoms with Crippen LogP contribution in [0, 0.1) is 0 Å². The molecule has 1 N–H and O–H groups in total. The van der Waals surface area contributed by atoms with Crippen LogP contribution in [-0.4, -0.2) is 19.7 Å². The van der Waals surface area contributed by atoms with Gasteiger partial charge < -0.3 is 4.74 Å². The summed E-state index contributed by atoms with van der Waals surface area (Å²) in [6.07, 6.45) is 3.12. The number of nitrogens with zero attached hydrogens (tertiary/aromatic N) is 2. The zero-order valence-corrected chi connectivity index (χ0v) is 19.2. The molecule has 3 aromatic rings. The monoisotopic (exact) mass is 443 g/mol. The minimum Gasteiger partial charge on any atom is -0.464 e. The molecule has 30 heavy (non-hydrogen) atoms. The van der Waals surface area contributed by atoms with E-state index in [0.29, 0.717) is 32.7 Å². The Labute approximate surface area is 183 Å². The van der Waals surface area contributed by atoms with Gasteiger partial charge in [0.15, 0.2) is 0 Å². The van der Waals surface area contributed by atoms with Crippen LogP contribution in [0.15, 0.2) is 66.3 Å². The van der Waals surface area contributed by atoms with Crippen molar-refractivity contribution in [2.75, 3.05) is 4.72 Å². The third kappa shape index (κ3) is 4.40. The van der Waals surface area contributed by atoms with Crippen LogP contribution in [0.3, 0.4) is 0 Å². The van der Waals surface area contributed by atoms with Crippen LogP contribution in [0.5, 0.6) is 0 Å². The lowest BCUT2D eigenvalue weighted by molar-refractivity contribution is 0.435. The molecule has 2 heterocycles. The molecule has 3 rings (SSSR count). The molecule has 0 aliphatic carbocycles. The van der Waals surface area contributed by atoms with Crippen LogP contribution in [0.2, 0.25) is 5.02 Å². The maximum Gasteiger partial charge on any atom is 0.149 e. The van der Waals surface area contributed by atoms with Crippen LogP contribution in [0.1, 0.15) is 39.0 Å². The Bertz CT molecular complexity index is 1220.